The molecule has 10 heteroatoms. The summed E-state index contributed by atoms with van der Waals surface area (Å²) < 4.78 is 6.17. The molecule has 43 heavy (non-hydrogen) atoms. The van der Waals surface area contributed by atoms with Crippen molar-refractivity contribution in [1.82, 2.24) is 10.3 Å². The lowest BCUT2D eigenvalue weighted by atomic mass is 10.1. The Morgan fingerprint density at radius 2 is 1.70 bits per heavy atom. The van der Waals surface area contributed by atoms with Gasteiger partial charge in [-0.2, -0.15) is 0 Å². The predicted molar refractivity (Wildman–Crippen MR) is 174 cm³/mol. The molecule has 1 heterocycles. The summed E-state index contributed by atoms with van der Waals surface area (Å²) in [5, 5.41) is 9.00. The van der Waals surface area contributed by atoms with Crippen molar-refractivity contribution < 1.29 is 19.1 Å². The van der Waals surface area contributed by atoms with Gasteiger partial charge in [0.1, 0.15) is 11.4 Å². The van der Waals surface area contributed by atoms with Gasteiger partial charge in [0.25, 0.3) is 11.8 Å². The second-order valence-electron chi connectivity index (χ2n) is 9.41. The highest BCUT2D eigenvalue weighted by molar-refractivity contribution is 8.00. The number of anilines is 2. The molecule has 0 atom stereocenters. The molecule has 0 spiro atoms. The van der Waals surface area contributed by atoms with E-state index in [2.05, 4.69) is 20.9 Å². The van der Waals surface area contributed by atoms with Gasteiger partial charge < -0.3 is 20.7 Å². The van der Waals surface area contributed by atoms with E-state index >= 15 is 0 Å². The number of thiazole rings is 1. The van der Waals surface area contributed by atoms with Gasteiger partial charge in [0, 0.05) is 16.1 Å². The lowest BCUT2D eigenvalue weighted by Gasteiger charge is -2.13. The van der Waals surface area contributed by atoms with Crippen LogP contribution in [0.3, 0.4) is 0 Å². The molecule has 0 bridgehead atoms. The quantitative estimate of drug-likeness (QED) is 0.120. The molecular formula is C33H28N4O4S2. The first-order valence-corrected chi connectivity index (χ1v) is 15.1. The van der Waals surface area contributed by atoms with Crippen LogP contribution in [-0.4, -0.2) is 35.6 Å². The predicted octanol–water partition coefficient (Wildman–Crippen LogP) is 6.75. The summed E-state index contributed by atoms with van der Waals surface area (Å²) in [6.07, 6.45) is 1.66. The van der Waals surface area contributed by atoms with E-state index in [0.717, 1.165) is 32.0 Å². The fourth-order valence-electron chi connectivity index (χ4n) is 4.10. The molecule has 4 aromatic carbocycles. The van der Waals surface area contributed by atoms with Gasteiger partial charge in [-0.1, -0.05) is 59.9 Å². The lowest BCUT2D eigenvalue weighted by molar-refractivity contribution is -0.114. The van der Waals surface area contributed by atoms with E-state index in [4.69, 9.17) is 4.74 Å². The van der Waals surface area contributed by atoms with Crippen molar-refractivity contribution in [2.75, 3.05) is 23.5 Å². The maximum Gasteiger partial charge on any atom is 0.272 e. The number of hydrogen-bond donors (Lipinski definition) is 3. The number of aromatic nitrogens is 1. The standard InChI is InChI=1S/C33H28N4O4S2/c1-21-9-6-7-12-23(21)17-28(35-31(39)22-10-4-3-5-11-22)32(40)34-24-13-8-14-26(18-24)42-20-30(38)37-33-36-27-16-15-25(41-2)19-29(27)43-33/h3-19H,20H2,1-2H3,(H,34,40)(H,35,39)(H,36,37,38)/b28-17-. The first-order valence-electron chi connectivity index (χ1n) is 13.3. The maximum absolute atomic E-state index is 13.4. The zero-order chi connectivity index (χ0) is 30.2. The summed E-state index contributed by atoms with van der Waals surface area (Å²) in [4.78, 5) is 44.2. The number of methoxy groups -OCH3 is 1. The molecule has 0 aliphatic rings. The van der Waals surface area contributed by atoms with E-state index in [0.29, 0.717) is 16.4 Å². The molecule has 0 unspecified atom stereocenters. The zero-order valence-electron chi connectivity index (χ0n) is 23.4. The number of hydrogen-bond acceptors (Lipinski definition) is 7. The maximum atomic E-state index is 13.4. The Morgan fingerprint density at radius 3 is 2.49 bits per heavy atom. The van der Waals surface area contributed by atoms with Crippen molar-refractivity contribution >= 4 is 67.9 Å². The number of benzene rings is 4. The Hall–Kier alpha value is -4.93. The summed E-state index contributed by atoms with van der Waals surface area (Å²) in [6, 6.07) is 29.1. The first kappa shape index (κ1) is 29.6. The molecule has 3 N–H and O–H groups in total. The van der Waals surface area contributed by atoms with Crippen LogP contribution in [0.2, 0.25) is 0 Å². The third-order valence-corrected chi connectivity index (χ3v) is 8.25. The molecule has 8 nitrogen and oxygen atoms in total. The van der Waals surface area contributed by atoms with Crippen molar-refractivity contribution in [3.05, 3.63) is 119 Å². The Morgan fingerprint density at radius 1 is 0.907 bits per heavy atom. The van der Waals surface area contributed by atoms with Crippen molar-refractivity contribution in [3.63, 3.8) is 0 Å². The number of carbonyl (C=O) groups is 3. The molecule has 0 saturated carbocycles. The minimum Gasteiger partial charge on any atom is -0.497 e. The fraction of sp³-hybridized carbons (Fsp3) is 0.0909. The number of amides is 3. The molecular weight excluding hydrogens is 581 g/mol. The van der Waals surface area contributed by atoms with Crippen molar-refractivity contribution in [2.45, 2.75) is 11.8 Å². The monoisotopic (exact) mass is 608 g/mol. The average molecular weight is 609 g/mol. The Labute approximate surface area is 257 Å². The largest absolute Gasteiger partial charge is 0.497 e. The molecule has 0 radical (unpaired) electrons. The number of carbonyl (C=O) groups excluding carboxylic acids is 3. The molecule has 0 aliphatic carbocycles. The normalized spacial score (nSPS) is 11.2. The smallest absolute Gasteiger partial charge is 0.272 e. The molecule has 216 valence electrons. The Bertz CT molecular complexity index is 1820. The van der Waals surface area contributed by atoms with Crippen molar-refractivity contribution in [1.29, 1.82) is 0 Å². The van der Waals surface area contributed by atoms with Crippen LogP contribution in [0.15, 0.2) is 108 Å². The zero-order valence-corrected chi connectivity index (χ0v) is 25.1. The molecule has 0 fully saturated rings. The minimum absolute atomic E-state index is 0.106. The van der Waals surface area contributed by atoms with Gasteiger partial charge >= 0.3 is 0 Å². The summed E-state index contributed by atoms with van der Waals surface area (Å²) in [6.45, 7) is 1.94. The average Bonchev–Trinajstić information content (AvgIpc) is 3.42. The van der Waals surface area contributed by atoms with Crippen LogP contribution in [-0.2, 0) is 9.59 Å². The third-order valence-electron chi connectivity index (χ3n) is 6.32. The summed E-state index contributed by atoms with van der Waals surface area (Å²) in [5.41, 5.74) is 3.63. The summed E-state index contributed by atoms with van der Waals surface area (Å²) >= 11 is 2.71. The second-order valence-corrected chi connectivity index (χ2v) is 11.5. The molecule has 5 aromatic rings. The SMILES string of the molecule is COc1ccc2nc(NC(=O)CSc3cccc(NC(=O)/C(=C/c4ccccc4C)NC(=O)c4ccccc4)c3)sc2c1. The third kappa shape index (κ3) is 7.88. The van der Waals surface area contributed by atoms with E-state index in [-0.39, 0.29) is 17.4 Å². The highest BCUT2D eigenvalue weighted by atomic mass is 32.2. The van der Waals surface area contributed by atoms with Gasteiger partial charge in [0.15, 0.2) is 5.13 Å². The molecule has 1 aromatic heterocycles. The van der Waals surface area contributed by atoms with E-state index in [1.807, 2.05) is 61.5 Å². The number of fused-ring (bicyclic) bond motifs is 1. The van der Waals surface area contributed by atoms with Crippen LogP contribution >= 0.6 is 23.1 Å². The minimum atomic E-state index is -0.472. The topological polar surface area (TPSA) is 109 Å². The molecule has 0 aliphatic heterocycles. The number of nitrogens with zero attached hydrogens (tertiary/aromatic N) is 1. The van der Waals surface area contributed by atoms with Crippen molar-refractivity contribution in [3.8, 4) is 5.75 Å². The van der Waals surface area contributed by atoms with Crippen LogP contribution in [0.1, 0.15) is 21.5 Å². The van der Waals surface area contributed by atoms with E-state index in [1.54, 1.807) is 55.7 Å². The van der Waals surface area contributed by atoms with Gasteiger partial charge in [0.2, 0.25) is 5.91 Å². The van der Waals surface area contributed by atoms with Crippen LogP contribution in [0.25, 0.3) is 16.3 Å². The van der Waals surface area contributed by atoms with Gasteiger partial charge in [-0.3, -0.25) is 14.4 Å². The van der Waals surface area contributed by atoms with E-state index in [1.165, 1.54) is 23.1 Å². The number of ether oxygens (including phenoxy) is 1. The molecule has 3 amide bonds. The number of nitrogens with one attached hydrogen (secondary N) is 3. The number of thioether (sulfide) groups is 1. The van der Waals surface area contributed by atoms with Crippen LogP contribution in [0.4, 0.5) is 10.8 Å². The lowest BCUT2D eigenvalue weighted by Crippen LogP contribution is -2.30. The van der Waals surface area contributed by atoms with Crippen LogP contribution < -0.4 is 20.7 Å². The van der Waals surface area contributed by atoms with Gasteiger partial charge in [-0.05, 0) is 72.7 Å². The van der Waals surface area contributed by atoms with Crippen LogP contribution in [0.5, 0.6) is 5.75 Å². The number of rotatable bonds is 10. The fourth-order valence-corrected chi connectivity index (χ4v) is 5.76. The molecule has 0 saturated heterocycles. The van der Waals surface area contributed by atoms with E-state index < -0.39 is 11.8 Å². The van der Waals surface area contributed by atoms with Gasteiger partial charge in [-0.15, -0.1) is 11.8 Å². The summed E-state index contributed by atoms with van der Waals surface area (Å²) in [7, 11) is 1.60. The Balaban J connectivity index is 1.25. The van der Waals surface area contributed by atoms with E-state index in [9.17, 15) is 14.4 Å². The van der Waals surface area contributed by atoms with Gasteiger partial charge in [0.05, 0.1) is 23.1 Å². The second kappa shape index (κ2) is 13.8. The molecule has 5 rings (SSSR count). The number of aryl methyl sites for hydroxylation is 1. The first-order chi connectivity index (χ1) is 20.9. The highest BCUT2D eigenvalue weighted by Gasteiger charge is 2.16. The summed E-state index contributed by atoms with van der Waals surface area (Å²) in [5.74, 6) is -0.175. The van der Waals surface area contributed by atoms with Crippen molar-refractivity contribution in [2.24, 2.45) is 0 Å². The van der Waals surface area contributed by atoms with Gasteiger partial charge in [-0.25, -0.2) is 4.98 Å². The van der Waals surface area contributed by atoms with Crippen LogP contribution in [0, 0.1) is 6.92 Å². The highest BCUT2D eigenvalue weighted by Crippen LogP contribution is 2.29. The Kier molecular flexibility index (Phi) is 9.50.